The number of amides is 2. The molecule has 184 valence electrons. The van der Waals surface area contributed by atoms with Crippen LogP contribution in [0.3, 0.4) is 0 Å². The Morgan fingerprint density at radius 3 is 2.62 bits per heavy atom. The highest BCUT2D eigenvalue weighted by atomic mass is 35.5. The molecule has 2 aliphatic heterocycles. The lowest BCUT2D eigenvalue weighted by molar-refractivity contribution is -0.143. The number of carbonyl (C=O) groups excluding carboxylic acids is 2. The molecule has 2 amide bonds. The van der Waals surface area contributed by atoms with Gasteiger partial charge in [0.1, 0.15) is 21.3 Å². The van der Waals surface area contributed by atoms with E-state index in [9.17, 15) is 9.59 Å². The number of aromatic nitrogens is 2. The maximum atomic E-state index is 13.5. The minimum Gasteiger partial charge on any atom is -0.444 e. The topological polar surface area (TPSA) is 87.7 Å². The third-order valence-corrected chi connectivity index (χ3v) is 7.43. The van der Waals surface area contributed by atoms with Gasteiger partial charge in [-0.15, -0.1) is 0 Å². The summed E-state index contributed by atoms with van der Waals surface area (Å²) in [6.45, 7) is 9.23. The monoisotopic (exact) mass is 505 g/mol. The van der Waals surface area contributed by atoms with Crippen LogP contribution in [0.25, 0.3) is 0 Å². The van der Waals surface area contributed by atoms with E-state index in [4.69, 9.17) is 21.3 Å². The van der Waals surface area contributed by atoms with Crippen molar-refractivity contribution in [3.63, 3.8) is 0 Å². The number of nitrogens with zero attached hydrogens (tertiary/aromatic N) is 4. The van der Waals surface area contributed by atoms with Crippen LogP contribution < -0.4 is 5.32 Å². The van der Waals surface area contributed by atoms with E-state index < -0.39 is 17.2 Å². The minimum atomic E-state index is -0.855. The van der Waals surface area contributed by atoms with Crippen LogP contribution in [0.15, 0.2) is 24.4 Å². The first-order valence-corrected chi connectivity index (χ1v) is 12.9. The zero-order valence-corrected chi connectivity index (χ0v) is 21.7. The summed E-state index contributed by atoms with van der Waals surface area (Å²) in [5.74, 6) is 1.01. The molecule has 1 N–H and O–H groups in total. The smallest absolute Gasteiger partial charge is 0.411 e. The maximum Gasteiger partial charge on any atom is 0.411 e. The van der Waals surface area contributed by atoms with Gasteiger partial charge >= 0.3 is 6.09 Å². The minimum absolute atomic E-state index is 0.0123. The standard InChI is InChI=1S/C24H32ClN5O3S/c1-23(2,3)33-22(32)30-12-6-11-24(30,4)20(31)29-13-9-16(10-14-29)17-7-5-8-19(27-17)28-21-26-15-18(25)34-21/h5,7-8,15-16H,6,9-14H2,1-4H3,(H,26,27,28)/t24-/m0/s1. The first-order chi connectivity index (χ1) is 16.0. The van der Waals surface area contributed by atoms with Gasteiger partial charge < -0.3 is 15.0 Å². The second kappa shape index (κ2) is 9.70. The zero-order chi connectivity index (χ0) is 24.5. The number of hydrogen-bond donors (Lipinski definition) is 1. The van der Waals surface area contributed by atoms with Crippen LogP contribution in [0.1, 0.15) is 65.0 Å². The van der Waals surface area contributed by atoms with Gasteiger partial charge in [0.05, 0.1) is 6.20 Å². The number of carbonyl (C=O) groups is 2. The molecule has 2 aromatic heterocycles. The van der Waals surface area contributed by atoms with Crippen molar-refractivity contribution in [2.24, 2.45) is 0 Å². The summed E-state index contributed by atoms with van der Waals surface area (Å²) >= 11 is 7.33. The lowest BCUT2D eigenvalue weighted by Crippen LogP contribution is -2.58. The fourth-order valence-electron chi connectivity index (χ4n) is 4.68. The van der Waals surface area contributed by atoms with Gasteiger partial charge in [-0.2, -0.15) is 0 Å². The second-order valence-corrected chi connectivity index (χ2v) is 11.8. The molecular formula is C24H32ClN5O3S. The van der Waals surface area contributed by atoms with Crippen LogP contribution >= 0.6 is 22.9 Å². The number of ether oxygens (including phenoxy) is 1. The molecule has 0 spiro atoms. The fourth-order valence-corrected chi connectivity index (χ4v) is 5.50. The molecule has 8 nitrogen and oxygen atoms in total. The number of rotatable bonds is 4. The van der Waals surface area contributed by atoms with Crippen LogP contribution in [0.2, 0.25) is 4.34 Å². The predicted molar refractivity (Wildman–Crippen MR) is 134 cm³/mol. The largest absolute Gasteiger partial charge is 0.444 e. The van der Waals surface area contributed by atoms with Gasteiger partial charge in [-0.3, -0.25) is 9.69 Å². The Morgan fingerprint density at radius 2 is 1.97 bits per heavy atom. The van der Waals surface area contributed by atoms with Gasteiger partial charge in [0.15, 0.2) is 5.13 Å². The molecule has 34 heavy (non-hydrogen) atoms. The molecule has 10 heteroatoms. The van der Waals surface area contributed by atoms with Crippen LogP contribution in [0.5, 0.6) is 0 Å². The number of likely N-dealkylation sites (tertiary alicyclic amines) is 2. The zero-order valence-electron chi connectivity index (χ0n) is 20.1. The van der Waals surface area contributed by atoms with Gasteiger partial charge in [0.25, 0.3) is 0 Å². The SMILES string of the molecule is CC(C)(C)OC(=O)N1CCC[C@@]1(C)C(=O)N1CCC(c2cccc(Nc3ncc(Cl)s3)n2)CC1. The third-order valence-electron chi connectivity index (χ3n) is 6.40. The van der Waals surface area contributed by atoms with Crippen molar-refractivity contribution in [1.29, 1.82) is 0 Å². The van der Waals surface area contributed by atoms with E-state index in [1.165, 1.54) is 11.3 Å². The lowest BCUT2D eigenvalue weighted by atomic mass is 9.90. The maximum absolute atomic E-state index is 13.5. The molecule has 0 radical (unpaired) electrons. The summed E-state index contributed by atoms with van der Waals surface area (Å²) in [5.41, 5.74) is -0.446. The Balaban J connectivity index is 1.38. The molecule has 0 aromatic carbocycles. The molecule has 1 atom stereocenters. The van der Waals surface area contributed by atoms with Gasteiger partial charge in [-0.05, 0) is 65.5 Å². The molecular weight excluding hydrogens is 474 g/mol. The number of anilines is 2. The predicted octanol–water partition coefficient (Wildman–Crippen LogP) is 5.43. The second-order valence-electron chi connectivity index (χ2n) is 10.1. The fraction of sp³-hybridized carbons (Fsp3) is 0.583. The number of hydrogen-bond acceptors (Lipinski definition) is 7. The van der Waals surface area contributed by atoms with E-state index >= 15 is 0 Å². The summed E-state index contributed by atoms with van der Waals surface area (Å²) in [4.78, 5) is 38.8. The van der Waals surface area contributed by atoms with E-state index in [-0.39, 0.29) is 11.8 Å². The number of nitrogens with one attached hydrogen (secondary N) is 1. The van der Waals surface area contributed by atoms with E-state index in [0.29, 0.717) is 35.5 Å². The van der Waals surface area contributed by atoms with Gasteiger partial charge in [-0.1, -0.05) is 29.0 Å². The Bertz CT molecular complexity index is 1050. The molecule has 0 aliphatic carbocycles. The Morgan fingerprint density at radius 1 is 1.24 bits per heavy atom. The van der Waals surface area contributed by atoms with Crippen LogP contribution in [-0.4, -0.2) is 62.5 Å². The van der Waals surface area contributed by atoms with Crippen molar-refractivity contribution in [2.45, 2.75) is 70.4 Å². The van der Waals surface area contributed by atoms with Crippen LogP contribution in [0.4, 0.5) is 15.7 Å². The molecule has 2 aromatic rings. The molecule has 4 heterocycles. The van der Waals surface area contributed by atoms with E-state index in [1.807, 2.05) is 50.8 Å². The quantitative estimate of drug-likeness (QED) is 0.596. The highest BCUT2D eigenvalue weighted by Crippen LogP contribution is 2.35. The van der Waals surface area contributed by atoms with E-state index in [1.54, 1.807) is 11.1 Å². The highest BCUT2D eigenvalue weighted by Gasteiger charge is 2.49. The van der Waals surface area contributed by atoms with Crippen LogP contribution in [-0.2, 0) is 9.53 Å². The van der Waals surface area contributed by atoms with Crippen molar-refractivity contribution >= 4 is 45.9 Å². The molecule has 2 aliphatic rings. The first-order valence-electron chi connectivity index (χ1n) is 11.7. The summed E-state index contributed by atoms with van der Waals surface area (Å²) in [7, 11) is 0. The van der Waals surface area contributed by atoms with Crippen molar-refractivity contribution in [3.8, 4) is 0 Å². The van der Waals surface area contributed by atoms with Gasteiger partial charge in [-0.25, -0.2) is 14.8 Å². The van der Waals surface area contributed by atoms with Crippen LogP contribution in [0, 0.1) is 0 Å². The normalized spacial score (nSPS) is 21.6. The van der Waals surface area contributed by atoms with Crippen molar-refractivity contribution in [1.82, 2.24) is 19.8 Å². The molecule has 0 saturated carbocycles. The van der Waals surface area contributed by atoms with Gasteiger partial charge in [0.2, 0.25) is 5.91 Å². The molecule has 0 bridgehead atoms. The average Bonchev–Trinajstić information content (AvgIpc) is 3.38. The molecule has 2 saturated heterocycles. The van der Waals surface area contributed by atoms with Gasteiger partial charge in [0, 0.05) is 31.2 Å². The van der Waals surface area contributed by atoms with E-state index in [2.05, 4.69) is 10.3 Å². The molecule has 0 unspecified atom stereocenters. The molecule has 4 rings (SSSR count). The van der Waals surface area contributed by atoms with Crippen molar-refractivity contribution in [3.05, 3.63) is 34.4 Å². The summed E-state index contributed by atoms with van der Waals surface area (Å²) in [5, 5.41) is 3.91. The number of piperidine rings is 1. The van der Waals surface area contributed by atoms with Crippen molar-refractivity contribution in [2.75, 3.05) is 25.0 Å². The number of thiazole rings is 1. The van der Waals surface area contributed by atoms with Crippen molar-refractivity contribution < 1.29 is 14.3 Å². The Kier molecular flexibility index (Phi) is 7.05. The summed E-state index contributed by atoms with van der Waals surface area (Å²) in [6, 6.07) is 5.92. The summed E-state index contributed by atoms with van der Waals surface area (Å²) < 4.78 is 6.20. The average molecular weight is 506 g/mol. The van der Waals surface area contributed by atoms with E-state index in [0.717, 1.165) is 30.8 Å². The lowest BCUT2D eigenvalue weighted by Gasteiger charge is -2.41. The first kappa shape index (κ1) is 24.7. The Labute approximate surface area is 209 Å². The third kappa shape index (κ3) is 5.46. The number of halogens is 1. The Hall–Kier alpha value is -2.39. The molecule has 2 fully saturated rings. The number of pyridine rings is 1. The highest BCUT2D eigenvalue weighted by molar-refractivity contribution is 7.19. The summed E-state index contributed by atoms with van der Waals surface area (Å²) in [6.07, 6.45) is 4.31.